The monoisotopic (exact) mass is 319 g/mol. The molecular formula is C21H18ClN. The number of rotatable bonds is 3. The second-order valence-electron chi connectivity index (χ2n) is 5.55. The predicted octanol–water partition coefficient (Wildman–Crippen LogP) is 6.29. The average molecular weight is 320 g/mol. The normalized spacial score (nSPS) is 11.5. The van der Waals surface area contributed by atoms with Crippen LogP contribution in [0.3, 0.4) is 0 Å². The molecule has 2 heteroatoms. The Labute approximate surface area is 142 Å². The summed E-state index contributed by atoms with van der Waals surface area (Å²) in [5.41, 5.74) is 6.37. The van der Waals surface area contributed by atoms with Crippen molar-refractivity contribution >= 4 is 22.5 Å². The van der Waals surface area contributed by atoms with E-state index in [1.165, 1.54) is 0 Å². The molecule has 0 amide bonds. The summed E-state index contributed by atoms with van der Waals surface area (Å²) in [7, 11) is 0. The predicted molar refractivity (Wildman–Crippen MR) is 99.8 cm³/mol. The largest absolute Gasteiger partial charge is 0.236 e. The molecule has 114 valence electrons. The van der Waals surface area contributed by atoms with E-state index in [0.29, 0.717) is 5.17 Å². The van der Waals surface area contributed by atoms with Gasteiger partial charge < -0.3 is 0 Å². The quantitative estimate of drug-likeness (QED) is 0.503. The summed E-state index contributed by atoms with van der Waals surface area (Å²) < 4.78 is 0. The molecule has 0 N–H and O–H groups in total. The van der Waals surface area contributed by atoms with Gasteiger partial charge in [-0.1, -0.05) is 84.4 Å². The van der Waals surface area contributed by atoms with Crippen LogP contribution < -0.4 is 0 Å². The molecule has 3 rings (SSSR count). The topological polar surface area (TPSA) is 12.4 Å². The Morgan fingerprint density at radius 1 is 0.739 bits per heavy atom. The summed E-state index contributed by atoms with van der Waals surface area (Å²) in [4.78, 5) is 4.70. The molecule has 1 nitrogen and oxygen atoms in total. The van der Waals surface area contributed by atoms with Crippen molar-refractivity contribution in [1.29, 1.82) is 0 Å². The molecule has 0 saturated carbocycles. The lowest BCUT2D eigenvalue weighted by atomic mass is 10.0. The maximum Gasteiger partial charge on any atom is 0.137 e. The lowest BCUT2D eigenvalue weighted by molar-refractivity contribution is 1.33. The van der Waals surface area contributed by atoms with Crippen LogP contribution >= 0.6 is 11.6 Å². The highest BCUT2D eigenvalue weighted by atomic mass is 35.5. The minimum absolute atomic E-state index is 0.516. The highest BCUT2D eigenvalue weighted by Gasteiger charge is 2.10. The lowest BCUT2D eigenvalue weighted by Gasteiger charge is -2.10. The SMILES string of the molecule is Cc1cccc(C)c1N=C(Cl)c1ccccc1-c1ccccc1. The molecule has 3 aromatic rings. The molecule has 0 atom stereocenters. The molecule has 0 radical (unpaired) electrons. The Balaban J connectivity index is 2.11. The first kappa shape index (κ1) is 15.5. The van der Waals surface area contributed by atoms with Crippen molar-refractivity contribution in [2.75, 3.05) is 0 Å². The second-order valence-corrected chi connectivity index (χ2v) is 5.91. The van der Waals surface area contributed by atoms with E-state index in [9.17, 15) is 0 Å². The van der Waals surface area contributed by atoms with Gasteiger partial charge >= 0.3 is 0 Å². The third-order valence-electron chi connectivity index (χ3n) is 3.88. The van der Waals surface area contributed by atoms with Gasteiger partial charge in [-0.05, 0) is 36.1 Å². The van der Waals surface area contributed by atoms with Gasteiger partial charge in [0.15, 0.2) is 0 Å². The number of para-hydroxylation sites is 1. The van der Waals surface area contributed by atoms with Crippen LogP contribution in [0.15, 0.2) is 77.8 Å². The zero-order valence-electron chi connectivity index (χ0n) is 13.3. The molecule has 0 aliphatic rings. The van der Waals surface area contributed by atoms with E-state index >= 15 is 0 Å². The fourth-order valence-corrected chi connectivity index (χ4v) is 2.92. The van der Waals surface area contributed by atoms with Gasteiger partial charge in [-0.2, -0.15) is 0 Å². The van der Waals surface area contributed by atoms with Crippen molar-refractivity contribution < 1.29 is 0 Å². The zero-order valence-corrected chi connectivity index (χ0v) is 14.0. The minimum Gasteiger partial charge on any atom is -0.236 e. The number of nitrogens with zero attached hydrogens (tertiary/aromatic N) is 1. The van der Waals surface area contributed by atoms with Gasteiger partial charge in [0.25, 0.3) is 0 Å². The average Bonchev–Trinajstić information content (AvgIpc) is 2.59. The molecule has 0 bridgehead atoms. The van der Waals surface area contributed by atoms with Gasteiger partial charge in [-0.15, -0.1) is 0 Å². The molecular weight excluding hydrogens is 302 g/mol. The third kappa shape index (κ3) is 3.35. The summed E-state index contributed by atoms with van der Waals surface area (Å²) in [5.74, 6) is 0. The summed E-state index contributed by atoms with van der Waals surface area (Å²) >= 11 is 6.59. The van der Waals surface area contributed by atoms with E-state index in [1.807, 2.05) is 42.5 Å². The first-order chi connectivity index (χ1) is 11.2. The molecule has 0 aromatic heterocycles. The van der Waals surface area contributed by atoms with Gasteiger partial charge in [0.05, 0.1) is 5.69 Å². The molecule has 0 aliphatic carbocycles. The van der Waals surface area contributed by atoms with E-state index in [0.717, 1.165) is 33.5 Å². The van der Waals surface area contributed by atoms with E-state index in [1.54, 1.807) is 0 Å². The Hall–Kier alpha value is -2.38. The number of aliphatic imine (C=N–C) groups is 1. The first-order valence-electron chi connectivity index (χ1n) is 7.62. The number of benzene rings is 3. The Kier molecular flexibility index (Phi) is 4.59. The van der Waals surface area contributed by atoms with Gasteiger partial charge in [-0.3, -0.25) is 0 Å². The molecule has 0 spiro atoms. The highest BCUT2D eigenvalue weighted by Crippen LogP contribution is 2.29. The number of hydrogen-bond donors (Lipinski definition) is 0. The van der Waals surface area contributed by atoms with Crippen LogP contribution in [0, 0.1) is 13.8 Å². The van der Waals surface area contributed by atoms with Crippen LogP contribution in [0.4, 0.5) is 5.69 Å². The molecule has 3 aromatic carbocycles. The van der Waals surface area contributed by atoms with Crippen LogP contribution in [0.25, 0.3) is 11.1 Å². The number of aryl methyl sites for hydroxylation is 2. The third-order valence-corrected chi connectivity index (χ3v) is 4.17. The van der Waals surface area contributed by atoms with Crippen LogP contribution in [-0.4, -0.2) is 5.17 Å². The maximum absolute atomic E-state index is 6.59. The van der Waals surface area contributed by atoms with E-state index in [-0.39, 0.29) is 0 Å². The summed E-state index contributed by atoms with van der Waals surface area (Å²) in [6.07, 6.45) is 0. The van der Waals surface area contributed by atoms with Crippen LogP contribution in [0.2, 0.25) is 0 Å². The van der Waals surface area contributed by atoms with Gasteiger partial charge in [0.2, 0.25) is 0 Å². The second kappa shape index (κ2) is 6.80. The summed E-state index contributed by atoms with van der Waals surface area (Å²) in [5, 5.41) is 0.516. The highest BCUT2D eigenvalue weighted by molar-refractivity contribution is 6.70. The molecule has 0 saturated heterocycles. The summed E-state index contributed by atoms with van der Waals surface area (Å²) in [6, 6.07) is 24.5. The minimum atomic E-state index is 0.516. The zero-order chi connectivity index (χ0) is 16.2. The van der Waals surface area contributed by atoms with Crippen molar-refractivity contribution in [1.82, 2.24) is 0 Å². The van der Waals surface area contributed by atoms with Crippen molar-refractivity contribution in [2.45, 2.75) is 13.8 Å². The number of hydrogen-bond acceptors (Lipinski definition) is 1. The molecule has 0 fully saturated rings. The molecule has 0 aliphatic heterocycles. The fraction of sp³-hybridized carbons (Fsp3) is 0.0952. The lowest BCUT2D eigenvalue weighted by Crippen LogP contribution is -1.95. The first-order valence-corrected chi connectivity index (χ1v) is 8.00. The van der Waals surface area contributed by atoms with Crippen molar-refractivity contribution in [2.24, 2.45) is 4.99 Å². The summed E-state index contributed by atoms with van der Waals surface area (Å²) in [6.45, 7) is 4.11. The van der Waals surface area contributed by atoms with Crippen LogP contribution in [0.1, 0.15) is 16.7 Å². The smallest absolute Gasteiger partial charge is 0.137 e. The van der Waals surface area contributed by atoms with E-state index in [4.69, 9.17) is 16.6 Å². The Bertz CT molecular complexity index is 830. The standard InChI is InChI=1S/C21H18ClN/c1-15-9-8-10-16(2)20(15)23-21(22)19-14-7-6-13-18(19)17-11-4-3-5-12-17/h3-14H,1-2H3. The Morgan fingerprint density at radius 3 is 2.04 bits per heavy atom. The van der Waals surface area contributed by atoms with E-state index < -0.39 is 0 Å². The fourth-order valence-electron chi connectivity index (χ4n) is 2.67. The number of halogens is 1. The van der Waals surface area contributed by atoms with Crippen LogP contribution in [-0.2, 0) is 0 Å². The maximum atomic E-state index is 6.59. The van der Waals surface area contributed by atoms with Crippen molar-refractivity contribution in [3.05, 3.63) is 89.5 Å². The van der Waals surface area contributed by atoms with Gasteiger partial charge in [-0.25, -0.2) is 4.99 Å². The van der Waals surface area contributed by atoms with Gasteiger partial charge in [0.1, 0.15) is 5.17 Å². The van der Waals surface area contributed by atoms with Crippen molar-refractivity contribution in [3.8, 4) is 11.1 Å². The van der Waals surface area contributed by atoms with Crippen molar-refractivity contribution in [3.63, 3.8) is 0 Å². The van der Waals surface area contributed by atoms with E-state index in [2.05, 4.69) is 44.2 Å². The molecule has 0 unspecified atom stereocenters. The van der Waals surface area contributed by atoms with Crippen LogP contribution in [0.5, 0.6) is 0 Å². The molecule has 23 heavy (non-hydrogen) atoms. The Morgan fingerprint density at radius 2 is 1.35 bits per heavy atom. The van der Waals surface area contributed by atoms with Gasteiger partial charge in [0, 0.05) is 5.56 Å². The molecule has 0 heterocycles.